The van der Waals surface area contributed by atoms with Gasteiger partial charge in [0.25, 0.3) is 0 Å². The molecule has 0 bridgehead atoms. The lowest BCUT2D eigenvalue weighted by Crippen LogP contribution is -2.31. The van der Waals surface area contributed by atoms with E-state index >= 15 is 0 Å². The molecule has 1 atom stereocenters. The lowest BCUT2D eigenvalue weighted by atomic mass is 9.95. The summed E-state index contributed by atoms with van der Waals surface area (Å²) in [5.41, 5.74) is 29.2. The van der Waals surface area contributed by atoms with E-state index in [9.17, 15) is 0 Å². The average Bonchev–Trinajstić information content (AvgIpc) is 1.57. The van der Waals surface area contributed by atoms with Crippen LogP contribution in [-0.4, -0.2) is 9.97 Å². The van der Waals surface area contributed by atoms with E-state index in [1.54, 1.807) is 116 Å². The number of rotatable bonds is 7. The zero-order valence-corrected chi connectivity index (χ0v) is 79.7. The van der Waals surface area contributed by atoms with E-state index in [1.165, 1.54) is 23.6 Å². The van der Waals surface area contributed by atoms with Crippen LogP contribution >= 0.6 is 0 Å². The smallest absolute Gasteiger partial charge is 0.227 e. The Morgan fingerprint density at radius 1 is 0.254 bits per heavy atom. The van der Waals surface area contributed by atoms with Crippen molar-refractivity contribution >= 4 is 132 Å². The maximum absolute atomic E-state index is 8.50. The van der Waals surface area contributed by atoms with Gasteiger partial charge in [0.1, 0.15) is 87.0 Å². The Hall–Kier alpha value is -15.8. The van der Waals surface area contributed by atoms with Crippen LogP contribution < -0.4 is 27.4 Å². The topological polar surface area (TPSA) is 128 Å². The van der Waals surface area contributed by atoms with Gasteiger partial charge in [-0.1, -0.05) is 141 Å². The van der Waals surface area contributed by atoms with Crippen molar-refractivity contribution in [1.82, 2.24) is 9.97 Å². The molecule has 0 aliphatic heterocycles. The number of aromatic nitrogens is 8. The van der Waals surface area contributed by atoms with Crippen molar-refractivity contribution in [2.75, 3.05) is 0 Å². The Bertz CT molecular complexity index is 9940. The maximum atomic E-state index is 8.50. The molecule has 684 valence electrons. The molecule has 24 aromatic rings. The second-order valence-electron chi connectivity index (χ2n) is 35.8. The molecular weight excluding hydrogens is 1700 g/mol. The first-order chi connectivity index (χ1) is 75.3. The van der Waals surface area contributed by atoms with E-state index in [1.807, 2.05) is 166 Å². The highest BCUT2D eigenvalue weighted by Crippen LogP contribution is 2.46. The maximum Gasteiger partial charge on any atom is 0.227 e. The van der Waals surface area contributed by atoms with Gasteiger partial charge in [-0.25, -0.2) is 37.4 Å². The van der Waals surface area contributed by atoms with Crippen LogP contribution in [0.25, 0.3) is 199 Å². The van der Waals surface area contributed by atoms with Crippen LogP contribution in [0.5, 0.6) is 0 Å². The van der Waals surface area contributed by atoms with Crippen LogP contribution in [0.2, 0.25) is 0 Å². The van der Waals surface area contributed by atoms with E-state index in [2.05, 4.69) is 152 Å². The van der Waals surface area contributed by atoms with Crippen molar-refractivity contribution in [3.8, 4) is 67.5 Å². The SMILES string of the molecule is Cc1ccc(-c2c(C)ccc3c2oc2ncccc23)[n+](C)c1.Cc1ccc2c(oc3ncccc32)c1-c1cccc[n+]1C.[2H]C([2H])([2H])c1c[n+](C)c(-c2c(C)cc(C([2H])([2H])[2H])c3c2oc2ccccc23)cc1C.[2H]C([2H])([2H])c1c[n+](C)c(-c2c(C)ccc3c2oc2ccccc23)cc1C.[2H]C([2H])([2H])c1cc(C)c(-c2cc(C([2H])(C)C([2H])([2H])[2H])cc[n+]2C)c2oc3ccccc3c12.[2H]C([2H])([2H])c1ccc(-c2c(C)cc(C([2H])([2H])[2H])c3c2oc2ccccc23)[n+](C)c1. The van der Waals surface area contributed by atoms with Crippen molar-refractivity contribution in [2.24, 2.45) is 42.3 Å². The zero-order valence-electron chi connectivity index (χ0n) is 102. The molecule has 1 unspecified atom stereocenters. The van der Waals surface area contributed by atoms with E-state index < -0.39 is 53.9 Å². The minimum atomic E-state index is -2.51. The Morgan fingerprint density at radius 2 is 0.601 bits per heavy atom. The lowest BCUT2D eigenvalue weighted by molar-refractivity contribution is -0.660. The average molecular weight is 1840 g/mol. The van der Waals surface area contributed by atoms with Crippen molar-refractivity contribution in [2.45, 2.75) is 123 Å². The standard InChI is InChI=1S/C23H24NO.C22H22NO.2C21H20NO.C19H17N2O.C18H15N2O/c1-14(2)17-10-11-24(5)19(13-17)22-16(4)12-15(3)21-18-8-6-7-9-20(18)25-23(21)22;1-13-11-18(23(5)12-16(13)4)21-15(3)10-14(2)20-17-8-6-7-9-19(17)24-22(20)21;1-13-9-10-17-16-7-5-6-8-19(16)23-21(17)20(13)18-11-14(2)15(3)12-22(18)4;1-13-9-10-17(22(4)12-13)20-15(3)11-14(2)19-16-7-5-6-8-18(16)23-21(19)20;1-12-6-9-16(21(3)11-12)17-13(2)7-8-14-15-5-4-10-20-19(15)22-18(14)17;1-12-8-9-13-14-6-5-10-19-18(14)21-17(13)16(12)15-7-3-4-11-20(15)2/h6-14H,1-5H3;6-12H,1-5H3;2*5-12H,1-4H3;4-11H,1-3H3;3-11H,1-2H3/q6*+1/i1D3,3D3,14D;2D3,4D3;3D3;1D3,2D3;;. The molecule has 14 heteroatoms. The molecule has 0 radical (unpaired) electrons. The number of nitrogens with zero attached hydrogens (tertiary/aromatic N) is 8. The zero-order chi connectivity index (χ0) is 115. The van der Waals surface area contributed by atoms with Gasteiger partial charge in [-0.3, -0.25) is 0 Å². The van der Waals surface area contributed by atoms with Gasteiger partial charge in [-0.2, -0.15) is 0 Å². The summed E-state index contributed by atoms with van der Waals surface area (Å²) in [6.45, 7) is 2.91. The number of hydrogen-bond donors (Lipinski definition) is 0. The molecule has 10 aromatic carbocycles. The van der Waals surface area contributed by atoms with Crippen molar-refractivity contribution < 1.29 is 84.1 Å². The van der Waals surface area contributed by atoms with Gasteiger partial charge in [0, 0.05) is 178 Å². The predicted molar refractivity (Wildman–Crippen MR) is 563 cm³/mol. The van der Waals surface area contributed by atoms with E-state index in [4.69, 9.17) is 56.7 Å². The quantitative estimate of drug-likeness (QED) is 0.144. The van der Waals surface area contributed by atoms with Gasteiger partial charge in [-0.15, -0.1) is 0 Å². The second-order valence-corrected chi connectivity index (χ2v) is 35.8. The van der Waals surface area contributed by atoms with Gasteiger partial charge in [-0.05, 0) is 243 Å². The first kappa shape index (κ1) is 68.2. The van der Waals surface area contributed by atoms with E-state index in [-0.39, 0.29) is 27.8 Å². The monoisotopic (exact) mass is 1840 g/mol. The number of pyridine rings is 8. The molecule has 14 nitrogen and oxygen atoms in total. The van der Waals surface area contributed by atoms with Crippen LogP contribution in [0.1, 0.15) is 139 Å². The lowest BCUT2D eigenvalue weighted by Gasteiger charge is -2.10. The van der Waals surface area contributed by atoms with Crippen LogP contribution in [-0.2, 0) is 42.3 Å². The second kappa shape index (κ2) is 37.1. The van der Waals surface area contributed by atoms with E-state index in [0.29, 0.717) is 100.0 Å². The molecule has 0 aliphatic rings. The fraction of sp³-hybridized carbons (Fsp3) is 0.194. The van der Waals surface area contributed by atoms with Crippen LogP contribution in [0.15, 0.2) is 319 Å². The summed E-state index contributed by atoms with van der Waals surface area (Å²) in [4.78, 5) is 8.68. The highest BCUT2D eigenvalue weighted by atomic mass is 16.4. The molecule has 24 rings (SSSR count). The Morgan fingerprint density at radius 3 is 1.04 bits per heavy atom. The molecule has 0 spiro atoms. The number of furan rings is 6. The third-order valence-corrected chi connectivity index (χ3v) is 26.1. The number of hydrogen-bond acceptors (Lipinski definition) is 8. The minimum Gasteiger partial charge on any atom is -0.455 e. The molecule has 138 heavy (non-hydrogen) atoms. The largest absolute Gasteiger partial charge is 0.455 e. The molecule has 14 aromatic heterocycles. The summed E-state index contributed by atoms with van der Waals surface area (Å²) in [6.07, 6.45) is 14.3. The summed E-state index contributed by atoms with van der Waals surface area (Å²) in [5, 5.41) is 10.4. The third kappa shape index (κ3) is 16.8. The Labute approximate surface area is 836 Å². The first-order valence-electron chi connectivity index (χ1n) is 56.5. The van der Waals surface area contributed by atoms with Crippen LogP contribution in [0, 0.1) is 103 Å². The van der Waals surface area contributed by atoms with Crippen LogP contribution in [0.3, 0.4) is 0 Å². The number of fused-ring (bicyclic) bond motifs is 18. The number of aryl methyl sites for hydroxylation is 21. The summed E-state index contributed by atoms with van der Waals surface area (Å²) >= 11 is 0. The van der Waals surface area contributed by atoms with Gasteiger partial charge in [0.2, 0.25) is 45.6 Å². The van der Waals surface area contributed by atoms with Gasteiger partial charge in [0.15, 0.2) is 48.3 Å². The fourth-order valence-corrected chi connectivity index (χ4v) is 19.1. The Balaban J connectivity index is 0.000000119. The minimum absolute atomic E-state index is 0.213. The van der Waals surface area contributed by atoms with Gasteiger partial charge >= 0.3 is 0 Å². The molecule has 0 N–H and O–H groups in total. The Kier molecular flexibility index (Phi) is 18.4. The summed E-state index contributed by atoms with van der Waals surface area (Å²) in [7, 11) is 11.4. The number of para-hydroxylation sites is 4. The molecule has 0 amide bonds. The third-order valence-electron chi connectivity index (χ3n) is 26.1. The summed E-state index contributed by atoms with van der Waals surface area (Å²) in [5.74, 6) is -1.81. The summed E-state index contributed by atoms with van der Waals surface area (Å²) in [6, 6.07) is 76.7. The molecule has 0 saturated carbocycles. The number of benzene rings is 10. The predicted octanol–water partition coefficient (Wildman–Crippen LogP) is 29.0. The molecule has 0 fully saturated rings. The summed E-state index contributed by atoms with van der Waals surface area (Å²) < 4.78 is 222. The molecular formula is C124H118N8O6+6. The van der Waals surface area contributed by atoms with E-state index in [0.717, 1.165) is 144 Å². The van der Waals surface area contributed by atoms with Gasteiger partial charge < -0.3 is 26.5 Å². The molecule has 0 aliphatic carbocycles. The van der Waals surface area contributed by atoms with Crippen molar-refractivity contribution in [3.05, 3.63) is 381 Å². The highest BCUT2D eigenvalue weighted by molar-refractivity contribution is 6.16. The molecule has 0 saturated heterocycles. The van der Waals surface area contributed by atoms with Crippen molar-refractivity contribution in [1.29, 1.82) is 0 Å². The molecule has 14 heterocycles. The first-order valence-corrected chi connectivity index (χ1v) is 45.5. The van der Waals surface area contributed by atoms with Crippen molar-refractivity contribution in [3.63, 3.8) is 0 Å². The highest BCUT2D eigenvalue weighted by Gasteiger charge is 2.30. The fourth-order valence-electron chi connectivity index (χ4n) is 19.1. The van der Waals surface area contributed by atoms with Gasteiger partial charge in [0.05, 0.1) is 33.4 Å². The normalized spacial score (nSPS) is 14.9. The van der Waals surface area contributed by atoms with Crippen LogP contribution in [0.4, 0.5) is 0 Å².